The van der Waals surface area contributed by atoms with Crippen LogP contribution in [-0.2, 0) is 17.4 Å². The van der Waals surface area contributed by atoms with Gasteiger partial charge in [0.05, 0.1) is 12.0 Å². The molecule has 0 bridgehead atoms. The summed E-state index contributed by atoms with van der Waals surface area (Å²) in [7, 11) is 2.01. The van der Waals surface area contributed by atoms with Crippen LogP contribution in [0.15, 0.2) is 24.3 Å². The van der Waals surface area contributed by atoms with Gasteiger partial charge in [0.25, 0.3) is 0 Å². The Labute approximate surface area is 122 Å². The molecule has 3 nitrogen and oxygen atoms in total. The van der Waals surface area contributed by atoms with E-state index in [9.17, 15) is 18.0 Å². The highest BCUT2D eigenvalue weighted by Gasteiger charge is 2.30. The van der Waals surface area contributed by atoms with Crippen LogP contribution in [0.25, 0.3) is 0 Å². The van der Waals surface area contributed by atoms with Gasteiger partial charge in [0.2, 0.25) is 5.91 Å². The van der Waals surface area contributed by atoms with E-state index in [1.54, 1.807) is 0 Å². The number of alkyl halides is 3. The summed E-state index contributed by atoms with van der Waals surface area (Å²) in [5.41, 5.74) is -0.106. The SMILES string of the molecule is CN1CCC[C@@H](NC(=O)Cc2ccc(C(F)(F)F)cc2)C1. The second-order valence-corrected chi connectivity index (χ2v) is 5.54. The zero-order valence-corrected chi connectivity index (χ0v) is 11.9. The molecule has 1 amide bonds. The molecule has 1 aliphatic rings. The molecule has 0 spiro atoms. The van der Waals surface area contributed by atoms with E-state index in [4.69, 9.17) is 0 Å². The minimum atomic E-state index is -4.34. The van der Waals surface area contributed by atoms with Gasteiger partial charge in [-0.1, -0.05) is 12.1 Å². The first-order valence-corrected chi connectivity index (χ1v) is 6.98. The Balaban J connectivity index is 1.87. The van der Waals surface area contributed by atoms with E-state index in [1.165, 1.54) is 12.1 Å². The van der Waals surface area contributed by atoms with Gasteiger partial charge in [-0.25, -0.2) is 0 Å². The van der Waals surface area contributed by atoms with Crippen molar-refractivity contribution in [1.29, 1.82) is 0 Å². The summed E-state index contributed by atoms with van der Waals surface area (Å²) in [5, 5.41) is 2.94. The Hall–Kier alpha value is -1.56. The van der Waals surface area contributed by atoms with Crippen LogP contribution in [0, 0.1) is 0 Å². The number of nitrogens with one attached hydrogen (secondary N) is 1. The van der Waals surface area contributed by atoms with E-state index >= 15 is 0 Å². The highest BCUT2D eigenvalue weighted by atomic mass is 19.4. The van der Waals surface area contributed by atoms with Crippen LogP contribution in [0.3, 0.4) is 0 Å². The summed E-state index contributed by atoms with van der Waals surface area (Å²) < 4.78 is 37.3. The molecule has 1 saturated heterocycles. The molecule has 2 rings (SSSR count). The number of carbonyl (C=O) groups is 1. The summed E-state index contributed by atoms with van der Waals surface area (Å²) in [6, 6.07) is 4.87. The van der Waals surface area contributed by atoms with Gasteiger partial charge in [-0.3, -0.25) is 4.79 Å². The second kappa shape index (κ2) is 6.47. The van der Waals surface area contributed by atoms with Crippen molar-refractivity contribution in [1.82, 2.24) is 10.2 Å². The zero-order chi connectivity index (χ0) is 15.5. The molecule has 1 aromatic rings. The molecule has 21 heavy (non-hydrogen) atoms. The largest absolute Gasteiger partial charge is 0.416 e. The number of likely N-dealkylation sites (tertiary alicyclic amines) is 1. The van der Waals surface area contributed by atoms with Crippen molar-refractivity contribution in [2.75, 3.05) is 20.1 Å². The monoisotopic (exact) mass is 300 g/mol. The van der Waals surface area contributed by atoms with Crippen molar-refractivity contribution in [3.63, 3.8) is 0 Å². The predicted molar refractivity (Wildman–Crippen MR) is 73.8 cm³/mol. The molecule has 1 fully saturated rings. The zero-order valence-electron chi connectivity index (χ0n) is 11.9. The molecule has 0 saturated carbocycles. The number of nitrogens with zero attached hydrogens (tertiary/aromatic N) is 1. The lowest BCUT2D eigenvalue weighted by molar-refractivity contribution is -0.137. The number of hydrogen-bond acceptors (Lipinski definition) is 2. The fraction of sp³-hybridized carbons (Fsp3) is 0.533. The normalized spacial score (nSPS) is 20.3. The second-order valence-electron chi connectivity index (χ2n) is 5.54. The molecule has 1 N–H and O–H groups in total. The Morgan fingerprint density at radius 3 is 2.57 bits per heavy atom. The maximum atomic E-state index is 12.4. The fourth-order valence-electron chi connectivity index (χ4n) is 2.56. The smallest absolute Gasteiger partial charge is 0.352 e. The van der Waals surface area contributed by atoms with Crippen LogP contribution in [0.4, 0.5) is 13.2 Å². The maximum Gasteiger partial charge on any atom is 0.416 e. The van der Waals surface area contributed by atoms with Crippen molar-refractivity contribution in [2.45, 2.75) is 31.5 Å². The highest BCUT2D eigenvalue weighted by molar-refractivity contribution is 5.78. The van der Waals surface area contributed by atoms with Crippen molar-refractivity contribution >= 4 is 5.91 Å². The third kappa shape index (κ3) is 4.74. The first-order chi connectivity index (χ1) is 9.84. The summed E-state index contributed by atoms with van der Waals surface area (Å²) in [4.78, 5) is 14.1. The van der Waals surface area contributed by atoms with Crippen LogP contribution in [-0.4, -0.2) is 37.0 Å². The van der Waals surface area contributed by atoms with E-state index in [-0.39, 0.29) is 18.4 Å². The molecule has 0 unspecified atom stereocenters. The Morgan fingerprint density at radius 2 is 2.00 bits per heavy atom. The molecule has 0 aromatic heterocycles. The molecule has 116 valence electrons. The number of hydrogen-bond donors (Lipinski definition) is 1. The van der Waals surface area contributed by atoms with E-state index < -0.39 is 11.7 Å². The van der Waals surface area contributed by atoms with Crippen LogP contribution >= 0.6 is 0 Å². The minimum absolute atomic E-state index is 0.109. The molecular weight excluding hydrogens is 281 g/mol. The van der Waals surface area contributed by atoms with Gasteiger partial charge < -0.3 is 10.2 Å². The summed E-state index contributed by atoms with van der Waals surface area (Å²) >= 11 is 0. The molecule has 1 aromatic carbocycles. The summed E-state index contributed by atoms with van der Waals surface area (Å²) in [5.74, 6) is -0.143. The minimum Gasteiger partial charge on any atom is -0.352 e. The van der Waals surface area contributed by atoms with Crippen molar-refractivity contribution in [3.8, 4) is 0 Å². The number of halogens is 3. The van der Waals surface area contributed by atoms with Gasteiger partial charge in [0, 0.05) is 12.6 Å². The lowest BCUT2D eigenvalue weighted by Crippen LogP contribution is -2.46. The standard InChI is InChI=1S/C15H19F3N2O/c1-20-8-2-3-13(10-20)19-14(21)9-11-4-6-12(7-5-11)15(16,17)18/h4-7,13H,2-3,8-10H2,1H3,(H,19,21)/t13-/m1/s1. The van der Waals surface area contributed by atoms with Crippen molar-refractivity contribution in [3.05, 3.63) is 35.4 Å². The average Bonchev–Trinajstić information content (AvgIpc) is 2.38. The van der Waals surface area contributed by atoms with Crippen LogP contribution in [0.5, 0.6) is 0 Å². The number of carbonyl (C=O) groups excluding carboxylic acids is 1. The van der Waals surface area contributed by atoms with Crippen molar-refractivity contribution in [2.24, 2.45) is 0 Å². The number of amides is 1. The van der Waals surface area contributed by atoms with E-state index in [0.29, 0.717) is 5.56 Å². The first kappa shape index (κ1) is 15.8. The fourth-order valence-corrected chi connectivity index (χ4v) is 2.56. The summed E-state index contributed by atoms with van der Waals surface area (Å²) in [6.45, 7) is 1.85. The third-order valence-corrected chi connectivity index (χ3v) is 3.64. The Morgan fingerprint density at radius 1 is 1.33 bits per heavy atom. The quantitative estimate of drug-likeness (QED) is 0.930. The van der Waals surface area contributed by atoms with Gasteiger partial charge in [-0.15, -0.1) is 0 Å². The van der Waals surface area contributed by atoms with E-state index in [0.717, 1.165) is 38.1 Å². The van der Waals surface area contributed by atoms with Gasteiger partial charge >= 0.3 is 6.18 Å². The maximum absolute atomic E-state index is 12.4. The molecule has 1 heterocycles. The lowest BCUT2D eigenvalue weighted by Gasteiger charge is -2.30. The number of benzene rings is 1. The average molecular weight is 300 g/mol. The molecular formula is C15H19F3N2O. The van der Waals surface area contributed by atoms with E-state index in [2.05, 4.69) is 10.2 Å². The topological polar surface area (TPSA) is 32.3 Å². The van der Waals surface area contributed by atoms with Crippen LogP contribution < -0.4 is 5.32 Å². The molecule has 6 heteroatoms. The van der Waals surface area contributed by atoms with E-state index in [1.807, 2.05) is 7.05 Å². The van der Waals surface area contributed by atoms with Gasteiger partial charge in [-0.2, -0.15) is 13.2 Å². The van der Waals surface area contributed by atoms with Crippen molar-refractivity contribution < 1.29 is 18.0 Å². The third-order valence-electron chi connectivity index (χ3n) is 3.64. The van der Waals surface area contributed by atoms with Gasteiger partial charge in [0.15, 0.2) is 0 Å². The summed E-state index contributed by atoms with van der Waals surface area (Å²) in [6.07, 6.45) is -2.24. The number of piperidine rings is 1. The molecule has 0 aliphatic carbocycles. The number of likely N-dealkylation sites (N-methyl/N-ethyl adjacent to an activating group) is 1. The lowest BCUT2D eigenvalue weighted by atomic mass is 10.0. The van der Waals surface area contributed by atoms with Gasteiger partial charge in [-0.05, 0) is 44.1 Å². The highest BCUT2D eigenvalue weighted by Crippen LogP contribution is 2.29. The Kier molecular flexibility index (Phi) is 4.88. The molecule has 1 atom stereocenters. The van der Waals surface area contributed by atoms with Crippen LogP contribution in [0.2, 0.25) is 0 Å². The van der Waals surface area contributed by atoms with Gasteiger partial charge in [0.1, 0.15) is 0 Å². The first-order valence-electron chi connectivity index (χ1n) is 6.98. The predicted octanol–water partition coefficient (Wildman–Crippen LogP) is 2.46. The van der Waals surface area contributed by atoms with Crippen LogP contribution in [0.1, 0.15) is 24.0 Å². The molecule has 0 radical (unpaired) electrons. The molecule has 1 aliphatic heterocycles. The Bertz CT molecular complexity index is 485. The number of rotatable bonds is 3.